The molecule has 0 aliphatic carbocycles. The van der Waals surface area contributed by atoms with Crippen LogP contribution in [0.15, 0.2) is 35.1 Å². The van der Waals surface area contributed by atoms with Crippen LogP contribution < -0.4 is 11.1 Å². The predicted molar refractivity (Wildman–Crippen MR) is 99.1 cm³/mol. The number of amides is 1. The molecule has 3 aromatic heterocycles. The van der Waals surface area contributed by atoms with E-state index >= 15 is 0 Å². The molecule has 3 rings (SSSR count). The summed E-state index contributed by atoms with van der Waals surface area (Å²) in [5.74, 6) is -0.440. The number of anilines is 2. The molecule has 3 N–H and O–H groups in total. The lowest BCUT2D eigenvalue weighted by Crippen LogP contribution is -2.19. The van der Waals surface area contributed by atoms with E-state index in [2.05, 4.69) is 41.5 Å². The summed E-state index contributed by atoms with van der Waals surface area (Å²) in [6.45, 7) is 1.54. The quantitative estimate of drug-likeness (QED) is 0.603. The number of nitrogens with two attached hydrogens (primary N) is 1. The molecule has 11 heteroatoms. The summed E-state index contributed by atoms with van der Waals surface area (Å²) >= 11 is 3.21. The monoisotopic (exact) mass is 435 g/mol. The summed E-state index contributed by atoms with van der Waals surface area (Å²) in [5.41, 5.74) is 7.09. The molecule has 0 bridgehead atoms. The lowest BCUT2D eigenvalue weighted by Gasteiger charge is -2.15. The Labute approximate surface area is 161 Å². The molecule has 1 unspecified atom stereocenters. The van der Waals surface area contributed by atoms with Crippen LogP contribution in [0.1, 0.15) is 18.6 Å². The summed E-state index contributed by atoms with van der Waals surface area (Å²) in [4.78, 5) is 20.0. The Balaban J connectivity index is 1.77. The highest BCUT2D eigenvalue weighted by molar-refractivity contribution is 9.10. The van der Waals surface area contributed by atoms with Crippen LogP contribution in [0.4, 0.5) is 20.7 Å². The second-order valence-corrected chi connectivity index (χ2v) is 6.51. The van der Waals surface area contributed by atoms with Gasteiger partial charge in [-0.25, -0.2) is 14.5 Å². The fraction of sp³-hybridized carbons (Fsp3) is 0.188. The van der Waals surface area contributed by atoms with Gasteiger partial charge in [0.2, 0.25) is 5.95 Å². The number of pyridine rings is 2. The molecule has 0 aromatic carbocycles. The average molecular weight is 436 g/mol. The number of nitrogens with one attached hydrogen (secondary N) is 1. The van der Waals surface area contributed by atoms with Gasteiger partial charge in [0.15, 0.2) is 11.5 Å². The predicted octanol–water partition coefficient (Wildman–Crippen LogP) is 3.07. The van der Waals surface area contributed by atoms with Gasteiger partial charge in [0.05, 0.1) is 17.6 Å². The second kappa shape index (κ2) is 7.66. The van der Waals surface area contributed by atoms with E-state index in [-0.39, 0.29) is 11.4 Å². The van der Waals surface area contributed by atoms with Crippen LogP contribution in [-0.2, 0) is 11.8 Å². The number of aryl methyl sites for hydroxylation is 1. The van der Waals surface area contributed by atoms with Crippen LogP contribution in [0.2, 0.25) is 0 Å². The third-order valence-electron chi connectivity index (χ3n) is 3.63. The lowest BCUT2D eigenvalue weighted by molar-refractivity contribution is 0.118. The number of nitrogens with zero attached hydrogens (tertiary/aromatic N) is 5. The van der Waals surface area contributed by atoms with Crippen molar-refractivity contribution in [1.82, 2.24) is 25.0 Å². The summed E-state index contributed by atoms with van der Waals surface area (Å²) in [7, 11) is 1.60. The van der Waals surface area contributed by atoms with E-state index < -0.39 is 18.1 Å². The van der Waals surface area contributed by atoms with E-state index in [0.717, 1.165) is 0 Å². The van der Waals surface area contributed by atoms with Crippen LogP contribution in [-0.4, -0.2) is 31.1 Å². The van der Waals surface area contributed by atoms with Crippen molar-refractivity contribution in [1.29, 1.82) is 0 Å². The highest BCUT2D eigenvalue weighted by Crippen LogP contribution is 2.26. The molecule has 140 valence electrons. The van der Waals surface area contributed by atoms with Gasteiger partial charge < -0.3 is 10.5 Å². The SMILES string of the molecule is CC(OC(=O)Nc1c(-c2ccc(N)cn2)nnn1C)c1cc(Br)cnc1F. The molecule has 0 saturated heterocycles. The van der Waals surface area contributed by atoms with Gasteiger partial charge in [-0.1, -0.05) is 5.21 Å². The van der Waals surface area contributed by atoms with Gasteiger partial charge in [0.1, 0.15) is 6.10 Å². The summed E-state index contributed by atoms with van der Waals surface area (Å²) in [6, 6.07) is 4.81. The third-order valence-corrected chi connectivity index (χ3v) is 4.06. The fourth-order valence-corrected chi connectivity index (χ4v) is 2.64. The molecule has 0 aliphatic heterocycles. The third kappa shape index (κ3) is 4.19. The van der Waals surface area contributed by atoms with Crippen LogP contribution in [0.5, 0.6) is 0 Å². The Kier molecular flexibility index (Phi) is 5.31. The van der Waals surface area contributed by atoms with Gasteiger partial charge in [-0.05, 0) is 41.1 Å². The van der Waals surface area contributed by atoms with E-state index in [1.54, 1.807) is 19.2 Å². The maximum Gasteiger partial charge on any atom is 0.413 e. The van der Waals surface area contributed by atoms with E-state index in [1.807, 2.05) is 0 Å². The molecule has 27 heavy (non-hydrogen) atoms. The minimum Gasteiger partial charge on any atom is -0.441 e. The minimum atomic E-state index is -0.866. The van der Waals surface area contributed by atoms with Crippen molar-refractivity contribution >= 4 is 33.5 Å². The zero-order chi connectivity index (χ0) is 19.6. The summed E-state index contributed by atoms with van der Waals surface area (Å²) < 4.78 is 21.0. The van der Waals surface area contributed by atoms with Gasteiger partial charge in [0, 0.05) is 23.3 Å². The van der Waals surface area contributed by atoms with Crippen LogP contribution in [0, 0.1) is 5.95 Å². The molecule has 0 spiro atoms. The largest absolute Gasteiger partial charge is 0.441 e. The average Bonchev–Trinajstić information content (AvgIpc) is 2.98. The number of hydrogen-bond donors (Lipinski definition) is 2. The van der Waals surface area contributed by atoms with Gasteiger partial charge in [-0.2, -0.15) is 4.39 Å². The number of carbonyl (C=O) groups is 1. The second-order valence-electron chi connectivity index (χ2n) is 5.59. The van der Waals surface area contributed by atoms with Crippen molar-refractivity contribution in [3.63, 3.8) is 0 Å². The van der Waals surface area contributed by atoms with E-state index in [1.165, 1.54) is 30.1 Å². The van der Waals surface area contributed by atoms with Crippen LogP contribution in [0.25, 0.3) is 11.4 Å². The van der Waals surface area contributed by atoms with E-state index in [9.17, 15) is 9.18 Å². The number of halogens is 2. The number of rotatable bonds is 4. The number of ether oxygens (including phenoxy) is 1. The summed E-state index contributed by atoms with van der Waals surface area (Å²) in [5, 5.41) is 10.4. The molecular formula is C16H15BrFN7O2. The minimum absolute atomic E-state index is 0.142. The van der Waals surface area contributed by atoms with Crippen molar-refractivity contribution < 1.29 is 13.9 Å². The maximum absolute atomic E-state index is 13.8. The maximum atomic E-state index is 13.8. The first kappa shape index (κ1) is 18.7. The normalized spacial score (nSPS) is 11.9. The number of aromatic nitrogens is 5. The molecule has 3 heterocycles. The molecule has 1 amide bonds. The molecule has 0 aliphatic rings. The highest BCUT2D eigenvalue weighted by atomic mass is 79.9. The Bertz CT molecular complexity index is 977. The zero-order valence-electron chi connectivity index (χ0n) is 14.3. The number of hydrogen-bond acceptors (Lipinski definition) is 7. The molecule has 0 saturated carbocycles. The molecule has 1 atom stereocenters. The smallest absolute Gasteiger partial charge is 0.413 e. The van der Waals surface area contributed by atoms with Crippen molar-refractivity contribution in [3.8, 4) is 11.4 Å². The number of carbonyl (C=O) groups excluding carboxylic acids is 1. The summed E-state index contributed by atoms with van der Waals surface area (Å²) in [6.07, 6.45) is 1.12. The Morgan fingerprint density at radius 3 is 2.85 bits per heavy atom. The van der Waals surface area contributed by atoms with Crippen molar-refractivity contribution in [2.24, 2.45) is 7.05 Å². The Morgan fingerprint density at radius 2 is 2.15 bits per heavy atom. The van der Waals surface area contributed by atoms with E-state index in [0.29, 0.717) is 21.5 Å². The van der Waals surface area contributed by atoms with Gasteiger partial charge >= 0.3 is 6.09 Å². The highest BCUT2D eigenvalue weighted by Gasteiger charge is 2.21. The molecule has 3 aromatic rings. The van der Waals surface area contributed by atoms with Crippen LogP contribution in [0.3, 0.4) is 0 Å². The standard InChI is InChI=1S/C16H15BrFN7O2/c1-8(11-5-9(17)6-21-14(11)18)27-16(26)22-15-13(23-24-25(15)2)12-4-3-10(19)7-20-12/h3-8H,19H2,1-2H3,(H,22,26). The number of nitrogen functional groups attached to an aromatic ring is 1. The Hall–Kier alpha value is -3.08. The molecule has 0 radical (unpaired) electrons. The lowest BCUT2D eigenvalue weighted by atomic mass is 10.2. The van der Waals surface area contributed by atoms with Crippen LogP contribution >= 0.6 is 15.9 Å². The fourth-order valence-electron chi connectivity index (χ4n) is 2.29. The van der Waals surface area contributed by atoms with Gasteiger partial charge in [-0.3, -0.25) is 10.3 Å². The molecule has 0 fully saturated rings. The first-order valence-electron chi connectivity index (χ1n) is 7.75. The van der Waals surface area contributed by atoms with Crippen molar-refractivity contribution in [2.75, 3.05) is 11.1 Å². The van der Waals surface area contributed by atoms with Crippen molar-refractivity contribution in [3.05, 3.63) is 46.6 Å². The molecule has 9 nitrogen and oxygen atoms in total. The molecular weight excluding hydrogens is 421 g/mol. The van der Waals surface area contributed by atoms with Gasteiger partial charge in [0.25, 0.3) is 0 Å². The Morgan fingerprint density at radius 1 is 1.37 bits per heavy atom. The topological polar surface area (TPSA) is 121 Å². The first-order valence-corrected chi connectivity index (χ1v) is 8.54. The van der Waals surface area contributed by atoms with Crippen molar-refractivity contribution in [2.45, 2.75) is 13.0 Å². The first-order chi connectivity index (χ1) is 12.8. The van der Waals surface area contributed by atoms with Gasteiger partial charge in [-0.15, -0.1) is 5.10 Å². The van der Waals surface area contributed by atoms with E-state index in [4.69, 9.17) is 10.5 Å². The zero-order valence-corrected chi connectivity index (χ0v) is 15.9.